The van der Waals surface area contributed by atoms with Gasteiger partial charge in [-0.2, -0.15) is 11.8 Å². The van der Waals surface area contributed by atoms with E-state index in [1.54, 1.807) is 0 Å². The Hall–Kier alpha value is 0.270. The number of guanidine groups is 1. The van der Waals surface area contributed by atoms with Gasteiger partial charge in [0.2, 0.25) is 0 Å². The summed E-state index contributed by atoms with van der Waals surface area (Å²) in [6, 6.07) is 0. The van der Waals surface area contributed by atoms with E-state index in [0.29, 0.717) is 10.7 Å². The van der Waals surface area contributed by atoms with E-state index in [2.05, 4.69) is 60.0 Å². The molecule has 0 spiro atoms. The molecule has 0 radical (unpaired) electrons. The molecule has 2 saturated heterocycles. The minimum Gasteiger partial charge on any atom is -0.357 e. The first-order valence-corrected chi connectivity index (χ1v) is 10.6. The minimum atomic E-state index is 0. The van der Waals surface area contributed by atoms with Crippen LogP contribution in [0.5, 0.6) is 0 Å². The Balaban J connectivity index is 0.00000312. The molecule has 25 heavy (non-hydrogen) atoms. The predicted octanol–water partition coefficient (Wildman–Crippen LogP) is 2.33. The molecule has 0 aromatic rings. The first kappa shape index (κ1) is 23.3. The first-order valence-electron chi connectivity index (χ1n) is 9.58. The topological polar surface area (TPSA) is 42.9 Å². The van der Waals surface area contributed by atoms with E-state index >= 15 is 0 Å². The highest BCUT2D eigenvalue weighted by atomic mass is 127. The van der Waals surface area contributed by atoms with Crippen LogP contribution in [0.2, 0.25) is 0 Å². The maximum Gasteiger partial charge on any atom is 0.191 e. The Bertz CT molecular complexity index is 393. The molecule has 2 unspecified atom stereocenters. The van der Waals surface area contributed by atoms with Gasteiger partial charge < -0.3 is 20.4 Å². The number of nitrogens with zero attached hydrogens (tertiary/aromatic N) is 3. The van der Waals surface area contributed by atoms with Gasteiger partial charge in [-0.05, 0) is 45.4 Å². The number of nitrogens with one attached hydrogen (secondary N) is 2. The Morgan fingerprint density at radius 2 is 1.96 bits per heavy atom. The van der Waals surface area contributed by atoms with E-state index in [4.69, 9.17) is 4.99 Å². The van der Waals surface area contributed by atoms with E-state index in [-0.39, 0.29) is 24.0 Å². The van der Waals surface area contributed by atoms with Crippen molar-refractivity contribution in [1.29, 1.82) is 0 Å². The van der Waals surface area contributed by atoms with E-state index in [1.807, 2.05) is 0 Å². The van der Waals surface area contributed by atoms with Crippen molar-refractivity contribution >= 4 is 41.7 Å². The lowest BCUT2D eigenvalue weighted by molar-refractivity contribution is 0.139. The molecule has 0 aromatic heterocycles. The standard InChI is InChI=1S/C18H37N5S.HI/c1-5-19-17(21-15-18(3)7-6-12-24-18)20-13-16(2)14-23-10-8-22(4)9-11-23;/h16H,5-15H2,1-4H3,(H2,19,20,21);1H. The zero-order valence-corrected chi connectivity index (χ0v) is 19.7. The number of piperazine rings is 1. The van der Waals surface area contributed by atoms with Crippen LogP contribution in [0.3, 0.4) is 0 Å². The molecule has 0 aliphatic carbocycles. The second kappa shape index (κ2) is 11.9. The molecule has 2 N–H and O–H groups in total. The molecule has 5 nitrogen and oxygen atoms in total. The summed E-state index contributed by atoms with van der Waals surface area (Å²) >= 11 is 2.08. The zero-order valence-electron chi connectivity index (χ0n) is 16.5. The molecule has 7 heteroatoms. The SMILES string of the molecule is CCNC(=NCC1(C)CCCS1)NCC(C)CN1CCN(C)CC1.I. The highest BCUT2D eigenvalue weighted by Gasteiger charge is 2.29. The summed E-state index contributed by atoms with van der Waals surface area (Å²) in [6.07, 6.45) is 2.63. The molecule has 0 amide bonds. The molecule has 2 rings (SSSR count). The number of thioether (sulfide) groups is 1. The maximum atomic E-state index is 4.85. The Morgan fingerprint density at radius 1 is 1.24 bits per heavy atom. The maximum absolute atomic E-state index is 4.85. The van der Waals surface area contributed by atoms with Crippen molar-refractivity contribution in [3.05, 3.63) is 0 Å². The zero-order chi connectivity index (χ0) is 17.4. The van der Waals surface area contributed by atoms with Crippen molar-refractivity contribution in [3.8, 4) is 0 Å². The van der Waals surface area contributed by atoms with Gasteiger partial charge in [-0.15, -0.1) is 24.0 Å². The second-order valence-corrected chi connectivity index (χ2v) is 9.37. The first-order chi connectivity index (χ1) is 11.5. The van der Waals surface area contributed by atoms with E-state index in [0.717, 1.165) is 25.6 Å². The van der Waals surface area contributed by atoms with Gasteiger partial charge >= 0.3 is 0 Å². The predicted molar refractivity (Wildman–Crippen MR) is 123 cm³/mol. The van der Waals surface area contributed by atoms with Crippen LogP contribution in [0.15, 0.2) is 4.99 Å². The van der Waals surface area contributed by atoms with Crippen LogP contribution in [-0.4, -0.2) is 85.7 Å². The summed E-state index contributed by atoms with van der Waals surface area (Å²) in [5.74, 6) is 2.91. The van der Waals surface area contributed by atoms with Crippen LogP contribution < -0.4 is 10.6 Å². The van der Waals surface area contributed by atoms with Crippen molar-refractivity contribution in [2.75, 3.05) is 65.2 Å². The minimum absolute atomic E-state index is 0. The van der Waals surface area contributed by atoms with Crippen molar-refractivity contribution < 1.29 is 0 Å². The Labute approximate surface area is 176 Å². The largest absolute Gasteiger partial charge is 0.357 e. The van der Waals surface area contributed by atoms with Crippen LogP contribution in [0.1, 0.15) is 33.6 Å². The number of hydrogen-bond acceptors (Lipinski definition) is 4. The van der Waals surface area contributed by atoms with Crippen LogP contribution in [0.4, 0.5) is 0 Å². The summed E-state index contributed by atoms with van der Waals surface area (Å²) in [5, 5.41) is 6.95. The van der Waals surface area contributed by atoms with E-state index in [1.165, 1.54) is 51.3 Å². The van der Waals surface area contributed by atoms with Gasteiger partial charge in [-0.1, -0.05) is 6.92 Å². The highest BCUT2D eigenvalue weighted by molar-refractivity contribution is 14.0. The molecule has 0 aromatic carbocycles. The molecule has 2 fully saturated rings. The normalized spacial score (nSPS) is 27.0. The summed E-state index contributed by atoms with van der Waals surface area (Å²) < 4.78 is 0.341. The Kier molecular flexibility index (Phi) is 11.1. The van der Waals surface area contributed by atoms with Gasteiger partial charge in [0, 0.05) is 50.6 Å². The van der Waals surface area contributed by atoms with Crippen LogP contribution in [-0.2, 0) is 0 Å². The van der Waals surface area contributed by atoms with Gasteiger partial charge in [0.05, 0.1) is 6.54 Å². The fourth-order valence-electron chi connectivity index (χ4n) is 3.36. The monoisotopic (exact) mass is 483 g/mol. The van der Waals surface area contributed by atoms with Gasteiger partial charge in [-0.25, -0.2) is 0 Å². The van der Waals surface area contributed by atoms with Crippen LogP contribution in [0.25, 0.3) is 0 Å². The highest BCUT2D eigenvalue weighted by Crippen LogP contribution is 2.37. The summed E-state index contributed by atoms with van der Waals surface area (Å²) in [4.78, 5) is 9.85. The molecule has 0 saturated carbocycles. The van der Waals surface area contributed by atoms with Crippen molar-refractivity contribution in [1.82, 2.24) is 20.4 Å². The van der Waals surface area contributed by atoms with E-state index in [9.17, 15) is 0 Å². The molecule has 0 bridgehead atoms. The average molecular weight is 484 g/mol. The van der Waals surface area contributed by atoms with Crippen molar-refractivity contribution in [2.45, 2.75) is 38.4 Å². The number of halogens is 1. The van der Waals surface area contributed by atoms with Crippen molar-refractivity contribution in [3.63, 3.8) is 0 Å². The third kappa shape index (κ3) is 8.67. The number of rotatable bonds is 7. The van der Waals surface area contributed by atoms with Crippen LogP contribution >= 0.6 is 35.7 Å². The fraction of sp³-hybridized carbons (Fsp3) is 0.944. The lowest BCUT2D eigenvalue weighted by Crippen LogP contribution is -2.47. The summed E-state index contributed by atoms with van der Waals surface area (Å²) in [6.45, 7) is 15.6. The average Bonchev–Trinajstić information content (AvgIpc) is 2.99. The van der Waals surface area contributed by atoms with Gasteiger partial charge in [-0.3, -0.25) is 4.99 Å². The van der Waals surface area contributed by atoms with Crippen LogP contribution in [0, 0.1) is 5.92 Å². The lowest BCUT2D eigenvalue weighted by Gasteiger charge is -2.34. The second-order valence-electron chi connectivity index (χ2n) is 7.69. The molecule has 2 aliphatic rings. The molecule has 2 heterocycles. The molecular weight excluding hydrogens is 445 g/mol. The third-order valence-electron chi connectivity index (χ3n) is 5.00. The lowest BCUT2D eigenvalue weighted by atomic mass is 10.1. The summed E-state index contributed by atoms with van der Waals surface area (Å²) in [7, 11) is 2.21. The Morgan fingerprint density at radius 3 is 2.56 bits per heavy atom. The smallest absolute Gasteiger partial charge is 0.191 e. The summed E-state index contributed by atoms with van der Waals surface area (Å²) in [5.41, 5.74) is 0. The van der Waals surface area contributed by atoms with Gasteiger partial charge in [0.15, 0.2) is 5.96 Å². The number of likely N-dealkylation sites (N-methyl/N-ethyl adjacent to an activating group) is 1. The molecule has 2 aliphatic heterocycles. The third-order valence-corrected chi connectivity index (χ3v) is 6.52. The van der Waals surface area contributed by atoms with Crippen molar-refractivity contribution in [2.24, 2.45) is 10.9 Å². The molecular formula is C18H38IN5S. The molecule has 148 valence electrons. The van der Waals surface area contributed by atoms with Gasteiger partial charge in [0.1, 0.15) is 0 Å². The quantitative estimate of drug-likeness (QED) is 0.331. The number of hydrogen-bond donors (Lipinski definition) is 2. The van der Waals surface area contributed by atoms with Gasteiger partial charge in [0.25, 0.3) is 0 Å². The number of aliphatic imine (C=N–C) groups is 1. The fourth-order valence-corrected chi connectivity index (χ4v) is 4.58. The molecule has 2 atom stereocenters. The van der Waals surface area contributed by atoms with E-state index < -0.39 is 0 Å².